The molecule has 0 spiro atoms. The molecule has 0 amide bonds. The van der Waals surface area contributed by atoms with Gasteiger partial charge >= 0.3 is 0 Å². The molecule has 0 radical (unpaired) electrons. The normalized spacial score (nSPS) is 18.6. The summed E-state index contributed by atoms with van der Waals surface area (Å²) in [4.78, 5) is 16.4. The zero-order valence-electron chi connectivity index (χ0n) is 14.6. The van der Waals surface area contributed by atoms with Crippen molar-refractivity contribution < 1.29 is 19.0 Å². The van der Waals surface area contributed by atoms with Crippen molar-refractivity contribution in [1.29, 1.82) is 5.26 Å². The molecule has 28 heavy (non-hydrogen) atoms. The minimum Gasteiger partial charge on any atom is -0.377 e. The van der Waals surface area contributed by atoms with Crippen LogP contribution in [0.3, 0.4) is 0 Å². The fourth-order valence-corrected chi connectivity index (χ4v) is 4.31. The molecule has 0 saturated carbocycles. The monoisotopic (exact) mass is 465 g/mol. The predicted octanol–water partition coefficient (Wildman–Crippen LogP) is 3.28. The molecule has 0 aromatic heterocycles. The number of ether oxygens (including phenoxy) is 1. The third kappa shape index (κ3) is 2.78. The van der Waals surface area contributed by atoms with E-state index in [1.807, 2.05) is 0 Å². The molecular formula is C19H14BrClFN3O3. The molecule has 2 aliphatic rings. The number of benzene rings is 2. The second-order valence-electron chi connectivity index (χ2n) is 6.60. The van der Waals surface area contributed by atoms with E-state index in [1.54, 1.807) is 18.0 Å². The van der Waals surface area contributed by atoms with Crippen LogP contribution in [0.4, 0.5) is 15.8 Å². The fourth-order valence-electron chi connectivity index (χ4n) is 3.51. The highest BCUT2D eigenvalue weighted by molar-refractivity contribution is 9.10. The summed E-state index contributed by atoms with van der Waals surface area (Å²) in [6.07, 6.45) is -0.994. The molecule has 0 aliphatic carbocycles. The molecule has 4 rings (SSSR count). The molecular weight excluding hydrogens is 453 g/mol. The van der Waals surface area contributed by atoms with Crippen molar-refractivity contribution in [1.82, 2.24) is 0 Å². The lowest BCUT2D eigenvalue weighted by molar-refractivity contribution is -0.00772. The minimum atomic E-state index is -0.994. The van der Waals surface area contributed by atoms with Crippen LogP contribution in [0.5, 0.6) is 0 Å². The maximum absolute atomic E-state index is 13.7. The summed E-state index contributed by atoms with van der Waals surface area (Å²) in [7, 11) is 1.64. The van der Waals surface area contributed by atoms with Crippen molar-refractivity contribution in [3.63, 3.8) is 0 Å². The number of rotatable bonds is 3. The van der Waals surface area contributed by atoms with E-state index in [-0.39, 0.29) is 27.8 Å². The molecule has 6 nitrogen and oxygen atoms in total. The molecule has 1 atom stereocenters. The summed E-state index contributed by atoms with van der Waals surface area (Å²) >= 11 is 9.46. The summed E-state index contributed by atoms with van der Waals surface area (Å²) < 4.78 is 19.3. The Labute approximate surface area is 173 Å². The van der Waals surface area contributed by atoms with Crippen molar-refractivity contribution >= 4 is 44.7 Å². The van der Waals surface area contributed by atoms with Crippen LogP contribution in [0.25, 0.3) is 0 Å². The first-order valence-electron chi connectivity index (χ1n) is 8.38. The first-order chi connectivity index (χ1) is 13.3. The molecule has 0 bridgehead atoms. The zero-order chi connectivity index (χ0) is 20.2. The summed E-state index contributed by atoms with van der Waals surface area (Å²) in [5.41, 5.74) is 1.16. The van der Waals surface area contributed by atoms with Gasteiger partial charge in [0.1, 0.15) is 11.9 Å². The van der Waals surface area contributed by atoms with Gasteiger partial charge in [0.15, 0.2) is 5.78 Å². The van der Waals surface area contributed by atoms with E-state index in [1.165, 1.54) is 11.0 Å². The summed E-state index contributed by atoms with van der Waals surface area (Å²) in [6, 6.07) is 7.22. The number of fused-ring (bicyclic) bond motifs is 1. The van der Waals surface area contributed by atoms with E-state index >= 15 is 0 Å². The number of halogens is 3. The fraction of sp³-hybridized carbons (Fsp3) is 0.263. The first kappa shape index (κ1) is 19.2. The Morgan fingerprint density at radius 2 is 2.14 bits per heavy atom. The molecule has 1 saturated heterocycles. The third-order valence-electron chi connectivity index (χ3n) is 4.98. The van der Waals surface area contributed by atoms with E-state index in [0.29, 0.717) is 29.1 Å². The molecule has 1 unspecified atom stereocenters. The van der Waals surface area contributed by atoms with Gasteiger partial charge in [-0.25, -0.2) is 4.39 Å². The molecule has 9 heteroatoms. The largest absolute Gasteiger partial charge is 0.377 e. The average molecular weight is 467 g/mol. The molecule has 2 aromatic rings. The molecule has 2 aliphatic heterocycles. The van der Waals surface area contributed by atoms with Gasteiger partial charge in [0, 0.05) is 17.1 Å². The van der Waals surface area contributed by atoms with Crippen LogP contribution in [-0.4, -0.2) is 43.5 Å². The SMILES string of the molecule is CN1c2c(cc(Br)c(C(=O)c3cc(F)ccc3Cl)c2C#N)N(C2COC2)C1O. The van der Waals surface area contributed by atoms with Gasteiger partial charge in [0.25, 0.3) is 0 Å². The topological polar surface area (TPSA) is 76.8 Å². The number of carbonyl (C=O) groups is 1. The second-order valence-corrected chi connectivity index (χ2v) is 7.86. The van der Waals surface area contributed by atoms with Crippen LogP contribution in [-0.2, 0) is 4.74 Å². The Hall–Kier alpha value is -2.18. The standard InChI is InChI=1S/C19H14BrClFN3O3/c1-24-17-12(6-23)16(18(26)11-4-9(22)2-3-14(11)21)13(20)5-15(17)25(19(24)27)10-7-28-8-10/h2-5,10,19,27H,7-8H2,1H3. The van der Waals surface area contributed by atoms with E-state index in [9.17, 15) is 19.6 Å². The third-order valence-corrected chi connectivity index (χ3v) is 5.94. The number of aliphatic hydroxyl groups is 1. The van der Waals surface area contributed by atoms with E-state index in [4.69, 9.17) is 16.3 Å². The second kappa shape index (κ2) is 7.01. The lowest BCUT2D eigenvalue weighted by Gasteiger charge is -2.38. The van der Waals surface area contributed by atoms with E-state index in [0.717, 1.165) is 12.1 Å². The lowest BCUT2D eigenvalue weighted by Crippen LogP contribution is -2.55. The van der Waals surface area contributed by atoms with Gasteiger partial charge < -0.3 is 19.6 Å². The Balaban J connectivity index is 1.91. The number of aliphatic hydroxyl groups excluding tert-OH is 1. The van der Waals surface area contributed by atoms with Gasteiger partial charge in [-0.05, 0) is 40.2 Å². The zero-order valence-corrected chi connectivity index (χ0v) is 17.0. The number of hydrogen-bond acceptors (Lipinski definition) is 6. The summed E-state index contributed by atoms with van der Waals surface area (Å²) in [5, 5.41) is 20.6. The van der Waals surface area contributed by atoms with Crippen molar-refractivity contribution in [2.75, 3.05) is 30.1 Å². The molecule has 2 aromatic carbocycles. The van der Waals surface area contributed by atoms with Crippen molar-refractivity contribution in [3.05, 3.63) is 56.3 Å². The Morgan fingerprint density at radius 1 is 1.43 bits per heavy atom. The van der Waals surface area contributed by atoms with Crippen LogP contribution in [0.1, 0.15) is 21.5 Å². The van der Waals surface area contributed by atoms with Crippen LogP contribution < -0.4 is 9.80 Å². The minimum absolute atomic E-state index is 0.0311. The average Bonchev–Trinajstić information content (AvgIpc) is 2.85. The lowest BCUT2D eigenvalue weighted by atomic mass is 9.96. The van der Waals surface area contributed by atoms with Crippen LogP contribution in [0, 0.1) is 17.1 Å². The van der Waals surface area contributed by atoms with Crippen molar-refractivity contribution in [3.8, 4) is 6.07 Å². The molecule has 2 heterocycles. The first-order valence-corrected chi connectivity index (χ1v) is 9.55. The number of nitriles is 1. The highest BCUT2D eigenvalue weighted by atomic mass is 79.9. The Morgan fingerprint density at radius 3 is 2.75 bits per heavy atom. The number of nitrogens with zero attached hydrogens (tertiary/aromatic N) is 3. The van der Waals surface area contributed by atoms with Crippen LogP contribution >= 0.6 is 27.5 Å². The van der Waals surface area contributed by atoms with E-state index in [2.05, 4.69) is 22.0 Å². The maximum atomic E-state index is 13.7. The predicted molar refractivity (Wildman–Crippen MR) is 105 cm³/mol. The summed E-state index contributed by atoms with van der Waals surface area (Å²) in [6.45, 7) is 0.923. The number of hydrogen-bond donors (Lipinski definition) is 1. The van der Waals surface area contributed by atoms with Gasteiger partial charge in [-0.3, -0.25) is 4.79 Å². The highest BCUT2D eigenvalue weighted by Gasteiger charge is 2.42. The van der Waals surface area contributed by atoms with Gasteiger partial charge in [0.05, 0.1) is 46.8 Å². The molecule has 1 fully saturated rings. The smallest absolute Gasteiger partial charge is 0.208 e. The van der Waals surface area contributed by atoms with Gasteiger partial charge in [-0.15, -0.1) is 0 Å². The Bertz CT molecular complexity index is 1040. The number of anilines is 2. The number of ketones is 1. The number of carbonyl (C=O) groups excluding carboxylic acids is 1. The van der Waals surface area contributed by atoms with Crippen LogP contribution in [0.2, 0.25) is 5.02 Å². The molecule has 144 valence electrons. The Kier molecular flexibility index (Phi) is 4.79. The van der Waals surface area contributed by atoms with Crippen molar-refractivity contribution in [2.45, 2.75) is 12.4 Å². The maximum Gasteiger partial charge on any atom is 0.208 e. The van der Waals surface area contributed by atoms with Crippen molar-refractivity contribution in [2.24, 2.45) is 0 Å². The quantitative estimate of drug-likeness (QED) is 0.700. The molecule has 1 N–H and O–H groups in total. The highest BCUT2D eigenvalue weighted by Crippen LogP contribution is 2.46. The summed E-state index contributed by atoms with van der Waals surface area (Å²) in [5.74, 6) is -1.18. The van der Waals surface area contributed by atoms with Gasteiger partial charge in [-0.2, -0.15) is 5.26 Å². The van der Waals surface area contributed by atoms with Gasteiger partial charge in [0.2, 0.25) is 6.35 Å². The van der Waals surface area contributed by atoms with E-state index < -0.39 is 18.0 Å². The van der Waals surface area contributed by atoms with Crippen LogP contribution in [0.15, 0.2) is 28.7 Å². The van der Waals surface area contributed by atoms with Gasteiger partial charge in [-0.1, -0.05) is 11.6 Å².